The average molecular weight is 272 g/mol. The van der Waals surface area contributed by atoms with Crippen LogP contribution in [0.3, 0.4) is 0 Å². The second-order valence-electron chi connectivity index (χ2n) is 4.74. The molecular formula is C17H12N4. The molecule has 1 aromatic carbocycles. The van der Waals surface area contributed by atoms with Crippen molar-refractivity contribution in [3.05, 3.63) is 78.2 Å². The van der Waals surface area contributed by atoms with Gasteiger partial charge in [-0.05, 0) is 30.3 Å². The van der Waals surface area contributed by atoms with Crippen LogP contribution in [0.1, 0.15) is 11.1 Å². The summed E-state index contributed by atoms with van der Waals surface area (Å²) >= 11 is 0. The van der Waals surface area contributed by atoms with E-state index in [9.17, 15) is 0 Å². The number of nitrogens with zero attached hydrogens (tertiary/aromatic N) is 3. The molecule has 4 heteroatoms. The van der Waals surface area contributed by atoms with Gasteiger partial charge in [-0.1, -0.05) is 18.2 Å². The maximum absolute atomic E-state index is 4.81. The third kappa shape index (κ3) is 2.07. The molecule has 2 aromatic heterocycles. The standard InChI is InChI=1S/C17H12N4/c1-2-5-14-13(4-1)16(12-7-10-18-11-8-12)20-15-6-3-9-19-17(15)21-14/h1-11H,(H,19,21). The van der Waals surface area contributed by atoms with Crippen molar-refractivity contribution in [2.24, 2.45) is 4.99 Å². The van der Waals surface area contributed by atoms with Crippen molar-refractivity contribution in [2.45, 2.75) is 0 Å². The van der Waals surface area contributed by atoms with Gasteiger partial charge < -0.3 is 5.32 Å². The van der Waals surface area contributed by atoms with Crippen LogP contribution in [-0.2, 0) is 0 Å². The van der Waals surface area contributed by atoms with Crippen LogP contribution in [-0.4, -0.2) is 15.7 Å². The Morgan fingerprint density at radius 3 is 2.57 bits per heavy atom. The fraction of sp³-hybridized carbons (Fsp3) is 0. The highest BCUT2D eigenvalue weighted by molar-refractivity contribution is 6.18. The van der Waals surface area contributed by atoms with Gasteiger partial charge in [-0.3, -0.25) is 4.98 Å². The number of hydrogen-bond donors (Lipinski definition) is 1. The molecule has 1 aliphatic rings. The molecular weight excluding hydrogens is 260 g/mol. The molecule has 1 N–H and O–H groups in total. The molecule has 0 bridgehead atoms. The van der Waals surface area contributed by atoms with Gasteiger partial charge in [0.25, 0.3) is 0 Å². The van der Waals surface area contributed by atoms with Crippen LogP contribution >= 0.6 is 0 Å². The molecule has 0 saturated carbocycles. The molecule has 0 unspecified atom stereocenters. The number of aliphatic imine (C=N–C) groups is 1. The molecule has 21 heavy (non-hydrogen) atoms. The van der Waals surface area contributed by atoms with Crippen LogP contribution in [0.4, 0.5) is 17.2 Å². The van der Waals surface area contributed by atoms with Crippen molar-refractivity contribution in [2.75, 3.05) is 5.32 Å². The highest BCUT2D eigenvalue weighted by atomic mass is 15.0. The van der Waals surface area contributed by atoms with Crippen LogP contribution in [0.15, 0.2) is 72.1 Å². The lowest BCUT2D eigenvalue weighted by molar-refractivity contribution is 1.29. The Kier molecular flexibility index (Phi) is 2.71. The lowest BCUT2D eigenvalue weighted by Crippen LogP contribution is -2.04. The topological polar surface area (TPSA) is 50.2 Å². The maximum atomic E-state index is 4.81. The quantitative estimate of drug-likeness (QED) is 0.574. The molecule has 0 fully saturated rings. The molecule has 0 saturated heterocycles. The van der Waals surface area contributed by atoms with Crippen molar-refractivity contribution >= 4 is 22.9 Å². The van der Waals surface area contributed by atoms with E-state index in [1.165, 1.54) is 0 Å². The molecule has 0 radical (unpaired) electrons. The Hall–Kier alpha value is -3.01. The zero-order chi connectivity index (χ0) is 14.1. The fourth-order valence-electron chi connectivity index (χ4n) is 2.42. The first-order valence-corrected chi connectivity index (χ1v) is 6.72. The summed E-state index contributed by atoms with van der Waals surface area (Å²) in [7, 11) is 0. The lowest BCUT2D eigenvalue weighted by Gasteiger charge is -2.09. The van der Waals surface area contributed by atoms with Crippen molar-refractivity contribution in [1.82, 2.24) is 9.97 Å². The Morgan fingerprint density at radius 2 is 1.67 bits per heavy atom. The minimum Gasteiger partial charge on any atom is -0.338 e. The van der Waals surface area contributed by atoms with E-state index in [4.69, 9.17) is 4.99 Å². The summed E-state index contributed by atoms with van der Waals surface area (Å²) < 4.78 is 0. The number of fused-ring (bicyclic) bond motifs is 2. The van der Waals surface area contributed by atoms with E-state index >= 15 is 0 Å². The number of pyridine rings is 2. The molecule has 4 rings (SSSR count). The van der Waals surface area contributed by atoms with E-state index < -0.39 is 0 Å². The van der Waals surface area contributed by atoms with Gasteiger partial charge in [0.05, 0.1) is 5.71 Å². The van der Waals surface area contributed by atoms with Gasteiger partial charge in [0.15, 0.2) is 5.82 Å². The van der Waals surface area contributed by atoms with E-state index in [0.717, 1.165) is 34.0 Å². The van der Waals surface area contributed by atoms with Crippen LogP contribution in [0.25, 0.3) is 0 Å². The normalized spacial score (nSPS) is 12.5. The summed E-state index contributed by atoms with van der Waals surface area (Å²) in [5.74, 6) is 0.772. The first kappa shape index (κ1) is 11.8. The highest BCUT2D eigenvalue weighted by Gasteiger charge is 2.17. The number of hydrogen-bond acceptors (Lipinski definition) is 4. The zero-order valence-corrected chi connectivity index (χ0v) is 11.2. The van der Waals surface area contributed by atoms with Gasteiger partial charge in [-0.15, -0.1) is 0 Å². The maximum Gasteiger partial charge on any atom is 0.156 e. The Balaban J connectivity index is 2.00. The molecule has 0 amide bonds. The summed E-state index contributed by atoms with van der Waals surface area (Å²) in [6.45, 7) is 0. The van der Waals surface area contributed by atoms with E-state index in [2.05, 4.69) is 21.4 Å². The smallest absolute Gasteiger partial charge is 0.156 e. The monoisotopic (exact) mass is 272 g/mol. The van der Waals surface area contributed by atoms with Crippen molar-refractivity contribution in [3.63, 3.8) is 0 Å². The average Bonchev–Trinajstić information content (AvgIpc) is 2.72. The summed E-state index contributed by atoms with van der Waals surface area (Å²) in [5, 5.41) is 3.36. The largest absolute Gasteiger partial charge is 0.338 e. The number of anilines is 2. The van der Waals surface area contributed by atoms with Gasteiger partial charge in [0.1, 0.15) is 5.69 Å². The van der Waals surface area contributed by atoms with E-state index in [1.54, 1.807) is 18.6 Å². The van der Waals surface area contributed by atoms with Crippen LogP contribution < -0.4 is 5.32 Å². The number of nitrogens with one attached hydrogen (secondary N) is 1. The van der Waals surface area contributed by atoms with E-state index in [1.807, 2.05) is 42.5 Å². The first-order valence-electron chi connectivity index (χ1n) is 6.72. The van der Waals surface area contributed by atoms with Gasteiger partial charge in [0.2, 0.25) is 0 Å². The number of aromatic nitrogens is 2. The molecule has 4 nitrogen and oxygen atoms in total. The lowest BCUT2D eigenvalue weighted by atomic mass is 10.0. The van der Waals surface area contributed by atoms with Gasteiger partial charge in [-0.25, -0.2) is 9.98 Å². The predicted molar refractivity (Wildman–Crippen MR) is 83.5 cm³/mol. The Labute approximate surface area is 122 Å². The zero-order valence-electron chi connectivity index (χ0n) is 11.2. The molecule has 1 aliphatic heterocycles. The van der Waals surface area contributed by atoms with Gasteiger partial charge >= 0.3 is 0 Å². The second kappa shape index (κ2) is 4.83. The highest BCUT2D eigenvalue weighted by Crippen LogP contribution is 2.33. The van der Waals surface area contributed by atoms with Crippen molar-refractivity contribution < 1.29 is 0 Å². The van der Waals surface area contributed by atoms with Crippen LogP contribution in [0.2, 0.25) is 0 Å². The SMILES string of the molecule is c1cnc2c(c1)N=C(c1ccncc1)c1ccccc1N2. The number of para-hydroxylation sites is 1. The van der Waals surface area contributed by atoms with Crippen LogP contribution in [0.5, 0.6) is 0 Å². The Morgan fingerprint density at radius 1 is 0.810 bits per heavy atom. The van der Waals surface area contributed by atoms with Gasteiger partial charge in [0, 0.05) is 35.4 Å². The first-order chi connectivity index (χ1) is 10.4. The van der Waals surface area contributed by atoms with E-state index in [0.29, 0.717) is 0 Å². The third-order valence-corrected chi connectivity index (χ3v) is 3.41. The molecule has 0 spiro atoms. The summed E-state index contributed by atoms with van der Waals surface area (Å²) in [6, 6.07) is 15.9. The molecule has 0 aliphatic carbocycles. The summed E-state index contributed by atoms with van der Waals surface area (Å²) in [6.07, 6.45) is 5.33. The summed E-state index contributed by atoms with van der Waals surface area (Å²) in [4.78, 5) is 13.3. The van der Waals surface area contributed by atoms with Crippen molar-refractivity contribution in [1.29, 1.82) is 0 Å². The second-order valence-corrected chi connectivity index (χ2v) is 4.74. The third-order valence-electron chi connectivity index (χ3n) is 3.41. The Bertz CT molecular complexity index is 825. The molecule has 100 valence electrons. The molecule has 0 atom stereocenters. The van der Waals surface area contributed by atoms with Crippen LogP contribution in [0, 0.1) is 0 Å². The predicted octanol–water partition coefficient (Wildman–Crippen LogP) is 3.70. The number of benzene rings is 1. The minimum absolute atomic E-state index is 0.772. The van der Waals surface area contributed by atoms with Crippen molar-refractivity contribution in [3.8, 4) is 0 Å². The number of rotatable bonds is 1. The molecule has 3 aromatic rings. The minimum atomic E-state index is 0.772. The van der Waals surface area contributed by atoms with Gasteiger partial charge in [-0.2, -0.15) is 0 Å². The molecule has 3 heterocycles. The van der Waals surface area contributed by atoms with E-state index in [-0.39, 0.29) is 0 Å². The summed E-state index contributed by atoms with van der Waals surface area (Å²) in [5.41, 5.74) is 4.86. The fourth-order valence-corrected chi connectivity index (χ4v) is 2.42.